The summed E-state index contributed by atoms with van der Waals surface area (Å²) < 4.78 is 0. The van der Waals surface area contributed by atoms with Crippen LogP contribution in [0.5, 0.6) is 0 Å². The van der Waals surface area contributed by atoms with Crippen LogP contribution in [0.4, 0.5) is 0 Å². The molecule has 3 nitrogen and oxygen atoms in total. The predicted octanol–water partition coefficient (Wildman–Crippen LogP) is 2.16. The highest BCUT2D eigenvalue weighted by molar-refractivity contribution is 7.10. The molecule has 90 valence electrons. The first-order valence-electron chi connectivity index (χ1n) is 5.39. The first-order chi connectivity index (χ1) is 7.47. The van der Waals surface area contributed by atoms with Crippen molar-refractivity contribution in [3.05, 3.63) is 22.4 Å². The molecule has 0 fully saturated rings. The molecule has 0 aliphatic heterocycles. The summed E-state index contributed by atoms with van der Waals surface area (Å²) >= 11 is 1.80. The Morgan fingerprint density at radius 2 is 2.19 bits per heavy atom. The molecule has 0 radical (unpaired) electrons. The zero-order valence-electron chi connectivity index (χ0n) is 10.7. The zero-order valence-corrected chi connectivity index (χ0v) is 11.6. The second kappa shape index (κ2) is 5.34. The number of guanidine groups is 1. The van der Waals surface area contributed by atoms with Crippen molar-refractivity contribution in [3.63, 3.8) is 0 Å². The summed E-state index contributed by atoms with van der Waals surface area (Å²) in [7, 11) is 5.79. The highest BCUT2D eigenvalue weighted by Gasteiger charge is 2.22. The van der Waals surface area contributed by atoms with Crippen LogP contribution in [-0.2, 0) is 5.41 Å². The summed E-state index contributed by atoms with van der Waals surface area (Å²) in [6.07, 6.45) is 0. The zero-order chi connectivity index (χ0) is 12.2. The Kier molecular flexibility index (Phi) is 4.35. The number of rotatable bonds is 3. The molecule has 0 saturated carbocycles. The van der Waals surface area contributed by atoms with E-state index >= 15 is 0 Å². The maximum absolute atomic E-state index is 4.21. The molecule has 16 heavy (non-hydrogen) atoms. The third kappa shape index (κ3) is 3.23. The molecule has 1 N–H and O–H groups in total. The lowest BCUT2D eigenvalue weighted by Crippen LogP contribution is -2.42. The van der Waals surface area contributed by atoms with Gasteiger partial charge in [-0.1, -0.05) is 19.9 Å². The van der Waals surface area contributed by atoms with E-state index in [0.29, 0.717) is 0 Å². The molecular formula is C12H21N3S. The lowest BCUT2D eigenvalue weighted by molar-refractivity contribution is 0.495. The van der Waals surface area contributed by atoms with Gasteiger partial charge in [0, 0.05) is 38.0 Å². The number of hydrogen-bond donors (Lipinski definition) is 1. The van der Waals surface area contributed by atoms with Crippen molar-refractivity contribution < 1.29 is 0 Å². The Morgan fingerprint density at radius 1 is 1.50 bits per heavy atom. The second-order valence-electron chi connectivity index (χ2n) is 4.66. The van der Waals surface area contributed by atoms with Crippen LogP contribution in [0.3, 0.4) is 0 Å². The molecule has 0 aromatic carbocycles. The van der Waals surface area contributed by atoms with Crippen molar-refractivity contribution in [2.24, 2.45) is 4.99 Å². The van der Waals surface area contributed by atoms with E-state index in [1.54, 1.807) is 18.4 Å². The average Bonchev–Trinajstić information content (AvgIpc) is 2.71. The Hall–Kier alpha value is -1.03. The van der Waals surface area contributed by atoms with Gasteiger partial charge in [-0.05, 0) is 11.4 Å². The average molecular weight is 239 g/mol. The smallest absolute Gasteiger partial charge is 0.193 e. The summed E-state index contributed by atoms with van der Waals surface area (Å²) in [5, 5.41) is 5.50. The van der Waals surface area contributed by atoms with Gasteiger partial charge in [-0.3, -0.25) is 4.99 Å². The molecule has 0 atom stereocenters. The van der Waals surface area contributed by atoms with Gasteiger partial charge in [0.05, 0.1) is 0 Å². The van der Waals surface area contributed by atoms with E-state index in [2.05, 4.69) is 41.7 Å². The molecule has 0 amide bonds. The molecule has 0 spiro atoms. The molecule has 4 heteroatoms. The third-order valence-corrected chi connectivity index (χ3v) is 3.75. The molecule has 1 aromatic heterocycles. The monoisotopic (exact) mass is 239 g/mol. The Labute approximate surface area is 102 Å². The van der Waals surface area contributed by atoms with Crippen molar-refractivity contribution in [1.82, 2.24) is 10.2 Å². The van der Waals surface area contributed by atoms with Gasteiger partial charge in [0.1, 0.15) is 0 Å². The fourth-order valence-corrected chi connectivity index (χ4v) is 2.34. The minimum absolute atomic E-state index is 0.139. The number of nitrogens with one attached hydrogen (secondary N) is 1. The van der Waals surface area contributed by atoms with Crippen molar-refractivity contribution in [1.29, 1.82) is 0 Å². The van der Waals surface area contributed by atoms with Crippen LogP contribution in [-0.4, -0.2) is 38.5 Å². The van der Waals surface area contributed by atoms with Gasteiger partial charge < -0.3 is 10.2 Å². The summed E-state index contributed by atoms with van der Waals surface area (Å²) in [6.45, 7) is 5.38. The predicted molar refractivity (Wildman–Crippen MR) is 72.4 cm³/mol. The van der Waals surface area contributed by atoms with Gasteiger partial charge in [-0.25, -0.2) is 0 Å². The van der Waals surface area contributed by atoms with Crippen molar-refractivity contribution >= 4 is 17.3 Å². The van der Waals surface area contributed by atoms with E-state index in [4.69, 9.17) is 0 Å². The molecule has 0 aliphatic carbocycles. The molecule has 1 aromatic rings. The molecule has 1 heterocycles. The molecule has 0 aliphatic rings. The molecule has 1 rings (SSSR count). The Balaban J connectivity index is 2.61. The van der Waals surface area contributed by atoms with Crippen molar-refractivity contribution in [2.75, 3.05) is 27.7 Å². The van der Waals surface area contributed by atoms with Crippen LogP contribution >= 0.6 is 11.3 Å². The maximum Gasteiger partial charge on any atom is 0.193 e. The van der Waals surface area contributed by atoms with Crippen LogP contribution in [0.15, 0.2) is 22.5 Å². The fourth-order valence-electron chi connectivity index (χ4n) is 1.49. The standard InChI is InChI=1S/C12H21N3S/c1-12(2,10-7-6-8-16-10)9-14-11(13-3)15(4)5/h6-8H,9H2,1-5H3,(H,13,14). The number of hydrogen-bond acceptors (Lipinski definition) is 2. The van der Waals surface area contributed by atoms with Crippen molar-refractivity contribution in [2.45, 2.75) is 19.3 Å². The number of thiophene rings is 1. The van der Waals surface area contributed by atoms with Crippen LogP contribution < -0.4 is 5.32 Å². The van der Waals surface area contributed by atoms with E-state index in [9.17, 15) is 0 Å². The normalized spacial score (nSPS) is 12.7. The van der Waals surface area contributed by atoms with Crippen LogP contribution in [0.1, 0.15) is 18.7 Å². The van der Waals surface area contributed by atoms with Crippen LogP contribution in [0.25, 0.3) is 0 Å². The lowest BCUT2D eigenvalue weighted by atomic mass is 9.91. The van der Waals surface area contributed by atoms with Crippen LogP contribution in [0, 0.1) is 0 Å². The highest BCUT2D eigenvalue weighted by atomic mass is 32.1. The first-order valence-corrected chi connectivity index (χ1v) is 6.27. The van der Waals surface area contributed by atoms with Gasteiger partial charge >= 0.3 is 0 Å². The molecule has 0 bridgehead atoms. The van der Waals surface area contributed by atoms with E-state index in [-0.39, 0.29) is 5.41 Å². The molecular weight excluding hydrogens is 218 g/mol. The van der Waals surface area contributed by atoms with Crippen LogP contribution in [0.2, 0.25) is 0 Å². The van der Waals surface area contributed by atoms with Gasteiger partial charge in [-0.15, -0.1) is 11.3 Å². The van der Waals surface area contributed by atoms with Gasteiger partial charge in [-0.2, -0.15) is 0 Å². The summed E-state index contributed by atoms with van der Waals surface area (Å²) in [4.78, 5) is 7.59. The van der Waals surface area contributed by atoms with E-state index in [1.807, 2.05) is 19.0 Å². The third-order valence-electron chi connectivity index (χ3n) is 2.51. The second-order valence-corrected chi connectivity index (χ2v) is 5.60. The summed E-state index contributed by atoms with van der Waals surface area (Å²) in [5.74, 6) is 0.921. The Morgan fingerprint density at radius 3 is 2.62 bits per heavy atom. The van der Waals surface area contributed by atoms with E-state index in [1.165, 1.54) is 4.88 Å². The quantitative estimate of drug-likeness (QED) is 0.646. The van der Waals surface area contributed by atoms with Crippen molar-refractivity contribution in [3.8, 4) is 0 Å². The minimum atomic E-state index is 0.139. The van der Waals surface area contributed by atoms with Gasteiger partial charge in [0.25, 0.3) is 0 Å². The Bertz CT molecular complexity index is 339. The lowest BCUT2D eigenvalue weighted by Gasteiger charge is -2.26. The summed E-state index contributed by atoms with van der Waals surface area (Å²) in [5.41, 5.74) is 0.139. The van der Waals surface area contributed by atoms with E-state index < -0.39 is 0 Å². The maximum atomic E-state index is 4.21. The first kappa shape index (κ1) is 13.0. The fraction of sp³-hybridized carbons (Fsp3) is 0.583. The molecule has 0 unspecified atom stereocenters. The number of nitrogens with zero attached hydrogens (tertiary/aromatic N) is 2. The number of aliphatic imine (C=N–C) groups is 1. The largest absolute Gasteiger partial charge is 0.355 e. The minimum Gasteiger partial charge on any atom is -0.355 e. The topological polar surface area (TPSA) is 27.6 Å². The highest BCUT2D eigenvalue weighted by Crippen LogP contribution is 2.26. The van der Waals surface area contributed by atoms with Gasteiger partial charge in [0.2, 0.25) is 0 Å². The van der Waals surface area contributed by atoms with E-state index in [0.717, 1.165) is 12.5 Å². The SMILES string of the molecule is CN=C(NCC(C)(C)c1cccs1)N(C)C. The van der Waals surface area contributed by atoms with Gasteiger partial charge in [0.15, 0.2) is 5.96 Å². The molecule has 0 saturated heterocycles. The summed E-state index contributed by atoms with van der Waals surface area (Å²) in [6, 6.07) is 4.29.